The number of aromatic nitrogens is 2. The van der Waals surface area contributed by atoms with Crippen LogP contribution in [0.15, 0.2) is 34.8 Å². The van der Waals surface area contributed by atoms with Gasteiger partial charge in [-0.2, -0.15) is 0 Å². The van der Waals surface area contributed by atoms with Gasteiger partial charge in [0, 0.05) is 12.7 Å². The monoisotopic (exact) mass is 312 g/mol. The summed E-state index contributed by atoms with van der Waals surface area (Å²) in [4.78, 5) is 8.66. The number of nitrogens with zero attached hydrogens (tertiary/aromatic N) is 2. The summed E-state index contributed by atoms with van der Waals surface area (Å²) < 4.78 is 5.76. The lowest BCUT2D eigenvalue weighted by Gasteiger charge is -2.07. The van der Waals surface area contributed by atoms with Crippen molar-refractivity contribution >= 4 is 27.5 Å². The van der Waals surface area contributed by atoms with Crippen LogP contribution in [0.5, 0.6) is 0 Å². The maximum Gasteiger partial charge on any atom is 0.161 e. The molecule has 1 aromatic heterocycles. The van der Waals surface area contributed by atoms with Crippen molar-refractivity contribution in [2.75, 3.05) is 7.11 Å². The third kappa shape index (κ3) is 2.83. The van der Waals surface area contributed by atoms with Crippen molar-refractivity contribution in [1.29, 1.82) is 0 Å². The molecule has 0 spiro atoms. The highest BCUT2D eigenvalue weighted by Gasteiger charge is 2.11. The molecule has 0 aliphatic rings. The smallest absolute Gasteiger partial charge is 0.161 e. The van der Waals surface area contributed by atoms with Crippen molar-refractivity contribution in [2.24, 2.45) is 0 Å². The molecule has 0 unspecified atom stereocenters. The van der Waals surface area contributed by atoms with E-state index in [2.05, 4.69) is 25.9 Å². The Labute approximate surface area is 113 Å². The van der Waals surface area contributed by atoms with Crippen LogP contribution in [-0.4, -0.2) is 17.1 Å². The van der Waals surface area contributed by atoms with Crippen LogP contribution < -0.4 is 0 Å². The first-order valence-electron chi connectivity index (χ1n) is 4.98. The molecular formula is C12H10BrClN2O. The summed E-state index contributed by atoms with van der Waals surface area (Å²) in [5, 5.41) is 0.394. The number of halogens is 2. The maximum atomic E-state index is 6.05. The van der Waals surface area contributed by atoms with E-state index in [1.165, 1.54) is 0 Å². The maximum absolute atomic E-state index is 6.05. The van der Waals surface area contributed by atoms with Gasteiger partial charge in [0.2, 0.25) is 0 Å². The molecule has 5 heteroatoms. The predicted octanol–water partition coefficient (Wildman–Crippen LogP) is 3.71. The van der Waals surface area contributed by atoms with Crippen LogP contribution >= 0.6 is 27.5 Å². The van der Waals surface area contributed by atoms with Crippen LogP contribution in [0.1, 0.15) is 5.69 Å². The average Bonchev–Trinajstić information content (AvgIpc) is 2.36. The zero-order chi connectivity index (χ0) is 12.3. The Kier molecular flexibility index (Phi) is 4.10. The van der Waals surface area contributed by atoms with E-state index in [-0.39, 0.29) is 0 Å². The van der Waals surface area contributed by atoms with Crippen molar-refractivity contribution in [2.45, 2.75) is 6.61 Å². The number of rotatable bonds is 3. The third-order valence-electron chi connectivity index (χ3n) is 2.19. The first kappa shape index (κ1) is 12.5. The van der Waals surface area contributed by atoms with E-state index in [4.69, 9.17) is 16.3 Å². The Hall–Kier alpha value is -0.970. The molecule has 0 fully saturated rings. The lowest BCUT2D eigenvalue weighted by Crippen LogP contribution is -1.99. The number of benzene rings is 1. The molecule has 0 aliphatic carbocycles. The fourth-order valence-electron chi connectivity index (χ4n) is 1.41. The van der Waals surface area contributed by atoms with E-state index < -0.39 is 0 Å². The van der Waals surface area contributed by atoms with Crippen LogP contribution in [0.25, 0.3) is 11.4 Å². The van der Waals surface area contributed by atoms with E-state index in [9.17, 15) is 0 Å². The molecule has 1 heterocycles. The molecule has 0 saturated carbocycles. The molecule has 0 aliphatic heterocycles. The summed E-state index contributed by atoms with van der Waals surface area (Å²) in [5.41, 5.74) is 1.67. The van der Waals surface area contributed by atoms with Gasteiger partial charge < -0.3 is 4.74 Å². The van der Waals surface area contributed by atoms with Gasteiger partial charge in [-0.15, -0.1) is 0 Å². The van der Waals surface area contributed by atoms with Gasteiger partial charge >= 0.3 is 0 Å². The summed E-state index contributed by atoms with van der Waals surface area (Å²) in [7, 11) is 1.62. The molecule has 2 aromatic rings. The molecule has 17 heavy (non-hydrogen) atoms. The normalized spacial score (nSPS) is 10.5. The fraction of sp³-hybridized carbons (Fsp3) is 0.167. The van der Waals surface area contributed by atoms with Crippen molar-refractivity contribution in [3.63, 3.8) is 0 Å². The van der Waals surface area contributed by atoms with Crippen LogP contribution in [0.3, 0.4) is 0 Å². The van der Waals surface area contributed by atoms with Gasteiger partial charge in [0.05, 0.1) is 16.8 Å². The van der Waals surface area contributed by atoms with Gasteiger partial charge in [-0.05, 0) is 15.9 Å². The molecule has 1 aromatic carbocycles. The molecular weight excluding hydrogens is 304 g/mol. The highest BCUT2D eigenvalue weighted by molar-refractivity contribution is 9.10. The summed E-state index contributed by atoms with van der Waals surface area (Å²) in [6.07, 6.45) is 0. The van der Waals surface area contributed by atoms with E-state index in [1.54, 1.807) is 7.11 Å². The first-order chi connectivity index (χ1) is 8.22. The van der Waals surface area contributed by atoms with Gasteiger partial charge in [-0.1, -0.05) is 41.9 Å². The molecule has 0 saturated heterocycles. The quantitative estimate of drug-likeness (QED) is 0.810. The van der Waals surface area contributed by atoms with E-state index >= 15 is 0 Å². The van der Waals surface area contributed by atoms with Crippen molar-refractivity contribution in [1.82, 2.24) is 9.97 Å². The summed E-state index contributed by atoms with van der Waals surface area (Å²) >= 11 is 9.40. The Morgan fingerprint density at radius 3 is 2.59 bits per heavy atom. The van der Waals surface area contributed by atoms with E-state index in [0.717, 1.165) is 11.3 Å². The van der Waals surface area contributed by atoms with Gasteiger partial charge in [-0.25, -0.2) is 9.97 Å². The first-order valence-corrected chi connectivity index (χ1v) is 6.15. The molecule has 0 radical (unpaired) electrons. The number of ether oxygens (including phenoxy) is 1. The van der Waals surface area contributed by atoms with E-state index in [0.29, 0.717) is 22.1 Å². The Morgan fingerprint density at radius 1 is 1.24 bits per heavy atom. The van der Waals surface area contributed by atoms with Gasteiger partial charge in [0.15, 0.2) is 5.82 Å². The molecule has 0 N–H and O–H groups in total. The second kappa shape index (κ2) is 5.58. The number of hydrogen-bond donors (Lipinski definition) is 0. The van der Waals surface area contributed by atoms with Gasteiger partial charge in [0.1, 0.15) is 5.15 Å². The zero-order valence-electron chi connectivity index (χ0n) is 9.15. The average molecular weight is 314 g/mol. The standard InChI is InChI=1S/C12H10BrClN2O/c1-17-7-9-10(13)11(14)16-12(15-9)8-5-3-2-4-6-8/h2-6H,7H2,1H3. The summed E-state index contributed by atoms with van der Waals surface area (Å²) in [5.74, 6) is 0.603. The van der Waals surface area contributed by atoms with Crippen molar-refractivity contribution in [3.8, 4) is 11.4 Å². The lowest BCUT2D eigenvalue weighted by atomic mass is 10.2. The van der Waals surface area contributed by atoms with Crippen molar-refractivity contribution < 1.29 is 4.74 Å². The molecule has 88 valence electrons. The lowest BCUT2D eigenvalue weighted by molar-refractivity contribution is 0.181. The summed E-state index contributed by atoms with van der Waals surface area (Å²) in [6.45, 7) is 0.392. The highest BCUT2D eigenvalue weighted by Crippen LogP contribution is 2.27. The minimum absolute atomic E-state index is 0.392. The van der Waals surface area contributed by atoms with Gasteiger partial charge in [0.25, 0.3) is 0 Å². The molecule has 2 rings (SSSR count). The molecule has 0 bridgehead atoms. The highest BCUT2D eigenvalue weighted by atomic mass is 79.9. The summed E-state index contributed by atoms with van der Waals surface area (Å²) in [6, 6.07) is 9.70. The number of hydrogen-bond acceptors (Lipinski definition) is 3. The molecule has 0 atom stereocenters. The fourth-order valence-corrected chi connectivity index (χ4v) is 1.89. The van der Waals surface area contributed by atoms with Gasteiger partial charge in [-0.3, -0.25) is 0 Å². The van der Waals surface area contributed by atoms with Crippen LogP contribution in [0.2, 0.25) is 5.15 Å². The Morgan fingerprint density at radius 2 is 1.94 bits per heavy atom. The second-order valence-electron chi connectivity index (χ2n) is 3.40. The number of methoxy groups -OCH3 is 1. The zero-order valence-corrected chi connectivity index (χ0v) is 11.5. The topological polar surface area (TPSA) is 35.0 Å². The minimum atomic E-state index is 0.392. The SMILES string of the molecule is COCc1nc(-c2ccccc2)nc(Cl)c1Br. The Balaban J connectivity index is 2.49. The minimum Gasteiger partial charge on any atom is -0.378 e. The second-order valence-corrected chi connectivity index (χ2v) is 4.55. The van der Waals surface area contributed by atoms with Crippen LogP contribution in [-0.2, 0) is 11.3 Å². The molecule has 0 amide bonds. The van der Waals surface area contributed by atoms with Crippen LogP contribution in [0, 0.1) is 0 Å². The predicted molar refractivity (Wildman–Crippen MR) is 70.9 cm³/mol. The third-order valence-corrected chi connectivity index (χ3v) is 3.53. The molecule has 3 nitrogen and oxygen atoms in total. The van der Waals surface area contributed by atoms with Crippen molar-refractivity contribution in [3.05, 3.63) is 45.7 Å². The van der Waals surface area contributed by atoms with Crippen LogP contribution in [0.4, 0.5) is 0 Å². The van der Waals surface area contributed by atoms with E-state index in [1.807, 2.05) is 30.3 Å². The Bertz CT molecular complexity index is 519. The largest absolute Gasteiger partial charge is 0.378 e.